The molecule has 0 bridgehead atoms. The number of likely N-dealkylation sites (tertiary alicyclic amines) is 2. The van der Waals surface area contributed by atoms with E-state index >= 15 is 0 Å². The maximum Gasteiger partial charge on any atom is 0.407 e. The molecule has 22 nitrogen and oxygen atoms in total. The Morgan fingerprint density at radius 1 is 0.759 bits per heavy atom. The van der Waals surface area contributed by atoms with Crippen LogP contribution >= 0.6 is 23.2 Å². The molecule has 0 unspecified atom stereocenters. The van der Waals surface area contributed by atoms with Crippen molar-refractivity contribution in [2.24, 2.45) is 10.8 Å². The summed E-state index contributed by atoms with van der Waals surface area (Å²) in [6.07, 6.45) is 11.6. The highest BCUT2D eigenvalue weighted by atomic mass is 35.5. The summed E-state index contributed by atoms with van der Waals surface area (Å²) in [5, 5.41) is 17.2. The second-order valence-corrected chi connectivity index (χ2v) is 24.6. The van der Waals surface area contributed by atoms with Crippen molar-refractivity contribution in [2.75, 3.05) is 55.3 Å². The van der Waals surface area contributed by atoms with E-state index < -0.39 is 21.7 Å². The summed E-state index contributed by atoms with van der Waals surface area (Å²) in [5.74, 6) is 1.42. The number of anilines is 2. The van der Waals surface area contributed by atoms with Gasteiger partial charge >= 0.3 is 6.09 Å². The molecule has 4 N–H and O–H groups in total. The third-order valence-electron chi connectivity index (χ3n) is 14.6. The van der Waals surface area contributed by atoms with Crippen LogP contribution in [-0.2, 0) is 27.8 Å². The van der Waals surface area contributed by atoms with E-state index in [1.807, 2.05) is 68.9 Å². The Balaban J connectivity index is 0.000000193. The van der Waals surface area contributed by atoms with Gasteiger partial charge in [-0.2, -0.15) is 10.2 Å². The molecule has 4 atom stereocenters. The minimum Gasteiger partial charge on any atom is -0.444 e. The first-order valence-corrected chi connectivity index (χ1v) is 29.4. The van der Waals surface area contributed by atoms with Crippen molar-refractivity contribution in [1.82, 2.24) is 49.0 Å². The zero-order valence-corrected chi connectivity index (χ0v) is 47.7. The maximum atomic E-state index is 13.8. The molecule has 8 heterocycles. The predicted molar refractivity (Wildman–Crippen MR) is 303 cm³/mol. The van der Waals surface area contributed by atoms with Crippen LogP contribution in [0.1, 0.15) is 139 Å². The number of carbonyl (C=O) groups excluding carboxylic acids is 3. The summed E-state index contributed by atoms with van der Waals surface area (Å²) < 4.78 is 34.8. The molecule has 6 aromatic rings. The first-order chi connectivity index (χ1) is 37.6. The molecule has 4 aliphatic heterocycles. The number of aromatic nitrogens is 6. The van der Waals surface area contributed by atoms with Gasteiger partial charge in [-0.3, -0.25) is 9.59 Å². The summed E-state index contributed by atoms with van der Waals surface area (Å²) in [4.78, 5) is 60.7. The smallest absolute Gasteiger partial charge is 0.407 e. The maximum absolute atomic E-state index is 13.8. The van der Waals surface area contributed by atoms with Crippen LogP contribution in [0.15, 0.2) is 66.0 Å². The van der Waals surface area contributed by atoms with Crippen molar-refractivity contribution in [3.05, 3.63) is 126 Å². The average molecular weight is 1140 g/mol. The number of carbonyl (C=O) groups is 3. The predicted octanol–water partition coefficient (Wildman–Crippen LogP) is 8.62. The van der Waals surface area contributed by atoms with Gasteiger partial charge in [-0.25, -0.2) is 36.9 Å². The van der Waals surface area contributed by atoms with Gasteiger partial charge in [0, 0.05) is 114 Å². The number of aryl methyl sites for hydroxylation is 2. The molecular weight excluding hydrogens is 1070 g/mol. The van der Waals surface area contributed by atoms with Crippen LogP contribution in [0.5, 0.6) is 0 Å². The standard InChI is InChI=1S/C29H36ClN9O3.C25H32ClN7O3S/c1-18-16-39-25(34-26(18)37-12-10-21(17-37)33-28(41)42-29(2,3)4)14-23(35-39)24-7-5-6-11-38(24)27(40)22-13-20(30)9-8-19(22)15-32-36-31;1-16-14-33-23(29-24(16)31-10-8-19(27)15-31)12-21(30-33)22-5-3-4-9-32(22)25(34)20-11-18(26)7-6-17(20)13-28-37(2,35)36/h8-9,13-14,16,21,24H,5-7,10-12,15,17H2,1-4H3,(H,33,41);6-7,11-12,14,19,22,28H,3-5,8-10,13,15,27H2,1-2H3/t21-,24-;19-,22-/m00/s1. The van der Waals surface area contributed by atoms with Crippen LogP contribution in [0.25, 0.3) is 21.7 Å². The number of halogens is 2. The molecule has 10 rings (SSSR count). The Kier molecular flexibility index (Phi) is 17.2. The molecule has 4 aromatic heterocycles. The first-order valence-electron chi connectivity index (χ1n) is 26.7. The van der Waals surface area contributed by atoms with Gasteiger partial charge in [0.15, 0.2) is 11.3 Å². The molecule has 3 amide bonds. The summed E-state index contributed by atoms with van der Waals surface area (Å²) in [6, 6.07) is 13.6. The third-order valence-corrected chi connectivity index (χ3v) is 15.8. The van der Waals surface area contributed by atoms with Gasteiger partial charge in [-0.05, 0) is 127 Å². The van der Waals surface area contributed by atoms with Crippen LogP contribution in [0.3, 0.4) is 0 Å². The number of benzene rings is 2. The number of nitrogens with zero attached hydrogens (tertiary/aromatic N) is 13. The number of nitrogens with two attached hydrogens (primary N) is 1. The number of alkyl carbamates (subject to hydrolysis) is 1. The number of azide groups is 1. The zero-order valence-electron chi connectivity index (χ0n) is 45.4. The third kappa shape index (κ3) is 13.6. The molecule has 4 saturated heterocycles. The highest BCUT2D eigenvalue weighted by Crippen LogP contribution is 2.36. The van der Waals surface area contributed by atoms with E-state index in [1.165, 1.54) is 0 Å². The number of fused-ring (bicyclic) bond motifs is 2. The second-order valence-electron chi connectivity index (χ2n) is 21.9. The summed E-state index contributed by atoms with van der Waals surface area (Å²) in [5.41, 5.74) is 21.4. The van der Waals surface area contributed by atoms with Gasteiger partial charge in [-0.15, -0.1) is 0 Å². The lowest BCUT2D eigenvalue weighted by Gasteiger charge is -2.35. The summed E-state index contributed by atoms with van der Waals surface area (Å²) >= 11 is 12.5. The van der Waals surface area contributed by atoms with Crippen LogP contribution in [-0.4, -0.2) is 129 Å². The van der Waals surface area contributed by atoms with Crippen LogP contribution < -0.4 is 25.6 Å². The lowest BCUT2D eigenvalue weighted by atomic mass is 9.97. The van der Waals surface area contributed by atoms with Crippen LogP contribution in [0, 0.1) is 13.8 Å². The highest BCUT2D eigenvalue weighted by molar-refractivity contribution is 7.88. The number of piperidine rings is 2. The van der Waals surface area contributed by atoms with Gasteiger partial charge in [0.1, 0.15) is 17.2 Å². The van der Waals surface area contributed by atoms with Crippen molar-refractivity contribution in [3.8, 4) is 0 Å². The number of amides is 3. The van der Waals surface area contributed by atoms with Crippen molar-refractivity contribution >= 4 is 74.1 Å². The quantitative estimate of drug-likeness (QED) is 0.0589. The second kappa shape index (κ2) is 23.9. The first kappa shape index (κ1) is 57.0. The lowest BCUT2D eigenvalue weighted by molar-refractivity contribution is 0.0507. The minimum atomic E-state index is -3.42. The highest BCUT2D eigenvalue weighted by Gasteiger charge is 2.35. The molecule has 4 aliphatic rings. The normalized spacial score (nSPS) is 19.8. The van der Waals surface area contributed by atoms with Gasteiger partial charge < -0.3 is 35.4 Å². The fraction of sp³-hybridized carbons (Fsp3) is 0.500. The van der Waals surface area contributed by atoms with Crippen molar-refractivity contribution in [2.45, 2.75) is 129 Å². The van der Waals surface area contributed by atoms with Crippen molar-refractivity contribution < 1.29 is 27.5 Å². The number of rotatable bonds is 12. The molecule has 0 radical (unpaired) electrons. The topological polar surface area (TPSA) is 267 Å². The van der Waals surface area contributed by atoms with Gasteiger partial charge in [0.25, 0.3) is 11.8 Å². The number of hydrogen-bond acceptors (Lipinski definition) is 14. The largest absolute Gasteiger partial charge is 0.444 e. The summed E-state index contributed by atoms with van der Waals surface area (Å²) in [6.45, 7) is 13.9. The Bertz CT molecular complexity index is 3430. The molecular formula is C54H68Cl2N16O6S. The van der Waals surface area contributed by atoms with Crippen molar-refractivity contribution in [1.29, 1.82) is 0 Å². The van der Waals surface area contributed by atoms with Crippen LogP contribution in [0.4, 0.5) is 16.4 Å². The van der Waals surface area contributed by atoms with Gasteiger partial charge in [-0.1, -0.05) is 40.4 Å². The van der Waals surface area contributed by atoms with E-state index in [9.17, 15) is 22.8 Å². The Morgan fingerprint density at radius 2 is 1.28 bits per heavy atom. The van der Waals surface area contributed by atoms with Crippen molar-refractivity contribution in [3.63, 3.8) is 0 Å². The van der Waals surface area contributed by atoms with E-state index in [4.69, 9.17) is 59.4 Å². The Hall–Kier alpha value is -6.75. The molecule has 0 saturated carbocycles. The molecule has 0 spiro atoms. The molecule has 25 heteroatoms. The number of ether oxygens (including phenoxy) is 1. The fourth-order valence-corrected chi connectivity index (χ4v) is 11.7. The average Bonchev–Trinajstić information content (AvgIpc) is 4.39. The molecule has 420 valence electrons. The Labute approximate surface area is 469 Å². The van der Waals surface area contributed by atoms with E-state index in [0.717, 1.165) is 117 Å². The van der Waals surface area contributed by atoms with Crippen LogP contribution in [0.2, 0.25) is 10.0 Å². The minimum absolute atomic E-state index is 0.01000. The zero-order chi connectivity index (χ0) is 56.3. The molecule has 4 fully saturated rings. The van der Waals surface area contributed by atoms with E-state index in [2.05, 4.69) is 29.9 Å². The number of nitrogens with one attached hydrogen (secondary N) is 2. The molecule has 0 aliphatic carbocycles. The number of sulfonamides is 1. The van der Waals surface area contributed by atoms with Gasteiger partial charge in [0.2, 0.25) is 10.0 Å². The Morgan fingerprint density at radius 3 is 1.78 bits per heavy atom. The summed E-state index contributed by atoms with van der Waals surface area (Å²) in [7, 11) is -3.42. The molecule has 79 heavy (non-hydrogen) atoms. The monoisotopic (exact) mass is 1140 g/mol. The number of hydrogen-bond donors (Lipinski definition) is 3. The van der Waals surface area contributed by atoms with E-state index in [-0.39, 0.29) is 49.1 Å². The van der Waals surface area contributed by atoms with E-state index in [0.29, 0.717) is 57.6 Å². The van der Waals surface area contributed by atoms with E-state index in [1.54, 1.807) is 45.4 Å². The SMILES string of the molecule is Cc1cn2nc([C@@H]3CCCCN3C(=O)c3cc(Cl)ccc3CN=[N+]=[N-])cc2nc1N1CC[C@H](NC(=O)OC(C)(C)C)C1.Cc1cn2nc([C@@H]3CCCCN3C(=O)c3cc(Cl)ccc3CNS(C)(=O)=O)cc2nc1N1CC[C@H](N)C1. The molecule has 2 aromatic carbocycles. The van der Waals surface area contributed by atoms with Gasteiger partial charge in [0.05, 0.1) is 42.3 Å². The fourth-order valence-electron chi connectivity index (χ4n) is 10.9. The lowest BCUT2D eigenvalue weighted by Crippen LogP contribution is -2.40.